The largest absolute Gasteiger partial charge is 0.469 e. The van der Waals surface area contributed by atoms with E-state index in [1.54, 1.807) is 0 Å². The number of esters is 1. The van der Waals surface area contributed by atoms with Crippen LogP contribution in [0.2, 0.25) is 0 Å². The lowest BCUT2D eigenvalue weighted by atomic mass is 10.2. The summed E-state index contributed by atoms with van der Waals surface area (Å²) < 4.78 is 5.79. The maximum absolute atomic E-state index is 11.0. The van der Waals surface area contributed by atoms with E-state index in [1.165, 1.54) is 10.7 Å². The number of methoxy groups -OCH3 is 1. The van der Waals surface area contributed by atoms with E-state index in [0.29, 0.717) is 6.42 Å². The number of nitrogens with one attached hydrogen (secondary N) is 1. The topological polar surface area (TPSA) is 38.3 Å². The molecule has 3 nitrogen and oxygen atoms in total. The van der Waals surface area contributed by atoms with Crippen LogP contribution in [0.3, 0.4) is 0 Å². The van der Waals surface area contributed by atoms with E-state index >= 15 is 0 Å². The fraction of sp³-hybridized carbons (Fsp3) is 0.364. The van der Waals surface area contributed by atoms with Crippen molar-refractivity contribution in [3.63, 3.8) is 0 Å². The van der Waals surface area contributed by atoms with Gasteiger partial charge in [0.25, 0.3) is 0 Å². The first-order valence-corrected chi connectivity index (χ1v) is 5.78. The van der Waals surface area contributed by atoms with Crippen LogP contribution in [0.1, 0.15) is 13.3 Å². The van der Waals surface area contributed by atoms with E-state index in [1.807, 2.05) is 31.2 Å². The van der Waals surface area contributed by atoms with Crippen LogP contribution in [0.4, 0.5) is 5.69 Å². The summed E-state index contributed by atoms with van der Waals surface area (Å²) in [4.78, 5) is 11.0. The molecule has 1 aromatic rings. The molecule has 0 aromatic heterocycles. The maximum Gasteiger partial charge on any atom is 0.307 e. The number of benzene rings is 1. The standard InChI is InChI=1S/C11H14INO2/c1-8(7-11(14)15-2)13-10-5-3-9(12)4-6-10/h3-6,8,13H,7H2,1-2H3. The van der Waals surface area contributed by atoms with Crippen molar-refractivity contribution >= 4 is 34.2 Å². The molecule has 82 valence electrons. The lowest BCUT2D eigenvalue weighted by Crippen LogP contribution is -2.20. The van der Waals surface area contributed by atoms with Crippen molar-refractivity contribution in [2.45, 2.75) is 19.4 Å². The molecule has 1 atom stereocenters. The van der Waals surface area contributed by atoms with Gasteiger partial charge in [-0.3, -0.25) is 4.79 Å². The molecule has 0 saturated heterocycles. The number of anilines is 1. The monoisotopic (exact) mass is 319 g/mol. The van der Waals surface area contributed by atoms with E-state index < -0.39 is 0 Å². The minimum Gasteiger partial charge on any atom is -0.469 e. The summed E-state index contributed by atoms with van der Waals surface area (Å²) in [6.45, 7) is 1.95. The molecule has 0 heterocycles. The van der Waals surface area contributed by atoms with E-state index in [0.717, 1.165) is 5.69 Å². The molecule has 0 bridgehead atoms. The molecule has 1 rings (SSSR count). The second-order valence-electron chi connectivity index (χ2n) is 3.33. The van der Waals surface area contributed by atoms with Gasteiger partial charge in [-0.25, -0.2) is 0 Å². The molecule has 0 fully saturated rings. The minimum absolute atomic E-state index is 0.0810. The smallest absolute Gasteiger partial charge is 0.307 e. The number of rotatable bonds is 4. The molecule has 0 spiro atoms. The van der Waals surface area contributed by atoms with Crippen molar-refractivity contribution in [1.82, 2.24) is 0 Å². The summed E-state index contributed by atoms with van der Waals surface area (Å²) in [6.07, 6.45) is 0.377. The summed E-state index contributed by atoms with van der Waals surface area (Å²) >= 11 is 2.25. The molecule has 15 heavy (non-hydrogen) atoms. The molecule has 1 aromatic carbocycles. The van der Waals surface area contributed by atoms with Crippen LogP contribution in [-0.4, -0.2) is 19.1 Å². The zero-order valence-corrected chi connectivity index (χ0v) is 10.9. The molecule has 0 aliphatic rings. The molecule has 0 saturated carbocycles. The summed E-state index contributed by atoms with van der Waals surface area (Å²) in [6, 6.07) is 8.12. The number of carbonyl (C=O) groups is 1. The molecule has 4 heteroatoms. The zero-order valence-electron chi connectivity index (χ0n) is 8.79. The Balaban J connectivity index is 2.47. The van der Waals surface area contributed by atoms with E-state index in [9.17, 15) is 4.79 Å². The molecular weight excluding hydrogens is 305 g/mol. The van der Waals surface area contributed by atoms with Gasteiger partial charge in [-0.2, -0.15) is 0 Å². The predicted octanol–water partition coefficient (Wildman–Crippen LogP) is 2.65. The van der Waals surface area contributed by atoms with Crippen molar-refractivity contribution in [2.24, 2.45) is 0 Å². The van der Waals surface area contributed by atoms with Gasteiger partial charge in [0.1, 0.15) is 0 Å². The van der Waals surface area contributed by atoms with Crippen molar-refractivity contribution < 1.29 is 9.53 Å². The third-order valence-electron chi connectivity index (χ3n) is 1.96. The third kappa shape index (κ3) is 4.51. The first kappa shape index (κ1) is 12.3. The normalized spacial score (nSPS) is 11.9. The summed E-state index contributed by atoms with van der Waals surface area (Å²) in [5.41, 5.74) is 1.02. The lowest BCUT2D eigenvalue weighted by Gasteiger charge is -2.13. The van der Waals surface area contributed by atoms with E-state index in [4.69, 9.17) is 0 Å². The Morgan fingerprint density at radius 3 is 2.60 bits per heavy atom. The highest BCUT2D eigenvalue weighted by atomic mass is 127. The first-order valence-electron chi connectivity index (χ1n) is 4.70. The Labute approximate surface area is 103 Å². The number of carbonyl (C=O) groups excluding carboxylic acids is 1. The van der Waals surface area contributed by atoms with Gasteiger partial charge in [-0.1, -0.05) is 0 Å². The van der Waals surface area contributed by atoms with Gasteiger partial charge in [0.15, 0.2) is 0 Å². The maximum atomic E-state index is 11.0. The van der Waals surface area contributed by atoms with Crippen LogP contribution in [0.25, 0.3) is 0 Å². The van der Waals surface area contributed by atoms with Crippen LogP contribution >= 0.6 is 22.6 Å². The number of halogens is 1. The molecule has 1 unspecified atom stereocenters. The number of hydrogen-bond acceptors (Lipinski definition) is 3. The molecular formula is C11H14INO2. The first-order chi connectivity index (χ1) is 7.11. The van der Waals surface area contributed by atoms with Gasteiger partial charge < -0.3 is 10.1 Å². The predicted molar refractivity (Wildman–Crippen MR) is 68.9 cm³/mol. The van der Waals surface area contributed by atoms with Gasteiger partial charge in [-0.05, 0) is 53.8 Å². The van der Waals surface area contributed by atoms with Crippen LogP contribution in [0.15, 0.2) is 24.3 Å². The molecule has 0 radical (unpaired) electrons. The second-order valence-corrected chi connectivity index (χ2v) is 4.58. The second kappa shape index (κ2) is 5.95. The van der Waals surface area contributed by atoms with E-state index in [2.05, 4.69) is 32.6 Å². The average Bonchev–Trinajstić information content (AvgIpc) is 2.21. The fourth-order valence-corrected chi connectivity index (χ4v) is 1.57. The molecule has 0 amide bonds. The van der Waals surface area contributed by atoms with Gasteiger partial charge >= 0.3 is 5.97 Å². The molecule has 0 aliphatic heterocycles. The van der Waals surface area contributed by atoms with Crippen molar-refractivity contribution in [3.8, 4) is 0 Å². The summed E-state index contributed by atoms with van der Waals surface area (Å²) in [5.74, 6) is -0.194. The van der Waals surface area contributed by atoms with E-state index in [-0.39, 0.29) is 12.0 Å². The van der Waals surface area contributed by atoms with Gasteiger partial charge in [-0.15, -0.1) is 0 Å². The van der Waals surface area contributed by atoms with Crippen molar-refractivity contribution in [3.05, 3.63) is 27.8 Å². The Hall–Kier alpha value is -0.780. The number of hydrogen-bond donors (Lipinski definition) is 1. The molecule has 0 aliphatic carbocycles. The quantitative estimate of drug-likeness (QED) is 0.685. The number of ether oxygens (including phenoxy) is 1. The summed E-state index contributed by atoms with van der Waals surface area (Å²) in [7, 11) is 1.40. The third-order valence-corrected chi connectivity index (χ3v) is 2.68. The Morgan fingerprint density at radius 2 is 2.07 bits per heavy atom. The van der Waals surface area contributed by atoms with Crippen molar-refractivity contribution in [1.29, 1.82) is 0 Å². The highest BCUT2D eigenvalue weighted by molar-refractivity contribution is 14.1. The minimum atomic E-state index is -0.194. The van der Waals surface area contributed by atoms with Crippen LogP contribution in [0, 0.1) is 3.57 Å². The van der Waals surface area contributed by atoms with Crippen LogP contribution < -0.4 is 5.32 Å². The van der Waals surface area contributed by atoms with Gasteiger partial charge in [0.05, 0.1) is 13.5 Å². The lowest BCUT2D eigenvalue weighted by molar-refractivity contribution is -0.140. The highest BCUT2D eigenvalue weighted by Gasteiger charge is 2.08. The highest BCUT2D eigenvalue weighted by Crippen LogP contribution is 2.13. The van der Waals surface area contributed by atoms with Crippen molar-refractivity contribution in [2.75, 3.05) is 12.4 Å². The Bertz CT molecular complexity index is 324. The Morgan fingerprint density at radius 1 is 1.47 bits per heavy atom. The molecule has 1 N–H and O–H groups in total. The fourth-order valence-electron chi connectivity index (χ4n) is 1.21. The van der Waals surface area contributed by atoms with Gasteiger partial charge in [0, 0.05) is 15.3 Å². The average molecular weight is 319 g/mol. The Kier molecular flexibility index (Phi) is 4.87. The SMILES string of the molecule is COC(=O)CC(C)Nc1ccc(I)cc1. The van der Waals surface area contributed by atoms with Crippen LogP contribution in [-0.2, 0) is 9.53 Å². The summed E-state index contributed by atoms with van der Waals surface area (Å²) in [5, 5.41) is 3.23. The zero-order chi connectivity index (χ0) is 11.3. The van der Waals surface area contributed by atoms with Gasteiger partial charge in [0.2, 0.25) is 0 Å². The van der Waals surface area contributed by atoms with Crippen LogP contribution in [0.5, 0.6) is 0 Å².